The third-order valence-electron chi connectivity index (χ3n) is 5.01. The fourth-order valence-electron chi connectivity index (χ4n) is 3.66. The quantitative estimate of drug-likeness (QED) is 0.249. The lowest BCUT2D eigenvalue weighted by Gasteiger charge is -2.18. The van der Waals surface area contributed by atoms with E-state index in [4.69, 9.17) is 9.84 Å². The van der Waals surface area contributed by atoms with E-state index in [1.165, 1.54) is 70.3 Å². The SMILES string of the molecule is CCCCCOCCCC[C@H]1CCC[C@@H]1CCC=CC=CC(=O)O. The van der Waals surface area contributed by atoms with Gasteiger partial charge in [-0.2, -0.15) is 0 Å². The molecule has 3 heteroatoms. The van der Waals surface area contributed by atoms with Crippen LogP contribution in [0.15, 0.2) is 24.3 Å². The van der Waals surface area contributed by atoms with Crippen LogP contribution in [0.2, 0.25) is 0 Å². The molecule has 1 rings (SSSR count). The fourth-order valence-corrected chi connectivity index (χ4v) is 3.66. The van der Waals surface area contributed by atoms with Crippen LogP contribution < -0.4 is 0 Å². The van der Waals surface area contributed by atoms with Crippen molar-refractivity contribution in [2.45, 2.75) is 77.6 Å². The summed E-state index contributed by atoms with van der Waals surface area (Å²) in [7, 11) is 0. The van der Waals surface area contributed by atoms with Crippen LogP contribution in [0.1, 0.15) is 77.6 Å². The summed E-state index contributed by atoms with van der Waals surface area (Å²) in [5.74, 6) is 0.876. The Morgan fingerprint density at radius 1 is 1.04 bits per heavy atom. The second kappa shape index (κ2) is 14.3. The van der Waals surface area contributed by atoms with Crippen molar-refractivity contribution < 1.29 is 14.6 Å². The standard InChI is InChI=1S/C21H36O3/c1-2-3-9-17-24-18-10-8-13-20-15-11-14-19(20)12-6-4-5-7-16-21(22)23/h4-5,7,16,19-20H,2-3,6,8-15,17-18H2,1H3,(H,22,23)/t19-,20-/m0/s1. The van der Waals surface area contributed by atoms with Crippen molar-refractivity contribution in [1.82, 2.24) is 0 Å². The molecule has 0 spiro atoms. The summed E-state index contributed by atoms with van der Waals surface area (Å²) in [5, 5.41) is 8.52. The fraction of sp³-hybridized carbons (Fsp3) is 0.762. The Kier molecular flexibility index (Phi) is 12.5. The number of hydrogen-bond acceptors (Lipinski definition) is 2. The maximum atomic E-state index is 10.4. The van der Waals surface area contributed by atoms with Gasteiger partial charge in [-0.05, 0) is 37.5 Å². The molecular formula is C21H36O3. The largest absolute Gasteiger partial charge is 0.478 e. The lowest BCUT2D eigenvalue weighted by atomic mass is 9.87. The van der Waals surface area contributed by atoms with Gasteiger partial charge in [0.15, 0.2) is 0 Å². The Morgan fingerprint density at radius 2 is 1.75 bits per heavy atom. The van der Waals surface area contributed by atoms with Gasteiger partial charge in [-0.1, -0.05) is 70.1 Å². The average Bonchev–Trinajstić information content (AvgIpc) is 3.00. The topological polar surface area (TPSA) is 46.5 Å². The normalized spacial score (nSPS) is 21.2. The van der Waals surface area contributed by atoms with Gasteiger partial charge in [-0.15, -0.1) is 0 Å². The van der Waals surface area contributed by atoms with Crippen molar-refractivity contribution in [3.05, 3.63) is 24.3 Å². The van der Waals surface area contributed by atoms with Gasteiger partial charge in [0.05, 0.1) is 0 Å². The van der Waals surface area contributed by atoms with Gasteiger partial charge < -0.3 is 9.84 Å². The Bertz CT molecular complexity index is 373. The smallest absolute Gasteiger partial charge is 0.328 e. The number of unbranched alkanes of at least 4 members (excludes halogenated alkanes) is 3. The third kappa shape index (κ3) is 10.6. The molecule has 1 aliphatic rings. The minimum absolute atomic E-state index is 0.864. The van der Waals surface area contributed by atoms with E-state index >= 15 is 0 Å². The van der Waals surface area contributed by atoms with Crippen LogP contribution in [0.25, 0.3) is 0 Å². The molecule has 2 atom stereocenters. The first kappa shape index (κ1) is 21.0. The monoisotopic (exact) mass is 336 g/mol. The number of aliphatic carboxylic acids is 1. The van der Waals surface area contributed by atoms with Gasteiger partial charge >= 0.3 is 5.97 Å². The molecule has 3 nitrogen and oxygen atoms in total. The van der Waals surface area contributed by atoms with Crippen molar-refractivity contribution in [1.29, 1.82) is 0 Å². The molecule has 0 aromatic carbocycles. The summed E-state index contributed by atoms with van der Waals surface area (Å²) < 4.78 is 5.69. The summed E-state index contributed by atoms with van der Waals surface area (Å²) >= 11 is 0. The highest BCUT2D eigenvalue weighted by Gasteiger charge is 2.25. The second-order valence-corrected chi connectivity index (χ2v) is 6.97. The van der Waals surface area contributed by atoms with Crippen LogP contribution in [0, 0.1) is 11.8 Å². The summed E-state index contributed by atoms with van der Waals surface area (Å²) in [6.07, 6.45) is 20.8. The Hall–Kier alpha value is -1.09. The number of carboxylic acids is 1. The van der Waals surface area contributed by atoms with Crippen molar-refractivity contribution in [2.75, 3.05) is 13.2 Å². The molecule has 0 heterocycles. The predicted molar refractivity (Wildman–Crippen MR) is 100 cm³/mol. The van der Waals surface area contributed by atoms with Gasteiger partial charge in [0.25, 0.3) is 0 Å². The van der Waals surface area contributed by atoms with Crippen molar-refractivity contribution in [3.8, 4) is 0 Å². The van der Waals surface area contributed by atoms with Gasteiger partial charge in [0, 0.05) is 19.3 Å². The minimum Gasteiger partial charge on any atom is -0.478 e. The van der Waals surface area contributed by atoms with Crippen LogP contribution >= 0.6 is 0 Å². The van der Waals surface area contributed by atoms with Crippen LogP contribution in [-0.4, -0.2) is 24.3 Å². The Morgan fingerprint density at radius 3 is 2.46 bits per heavy atom. The molecule has 1 saturated carbocycles. The molecule has 0 aliphatic heterocycles. The summed E-state index contributed by atoms with van der Waals surface area (Å²) in [5.41, 5.74) is 0. The maximum Gasteiger partial charge on any atom is 0.328 e. The molecular weight excluding hydrogens is 300 g/mol. The summed E-state index contributed by atoms with van der Waals surface area (Å²) in [6.45, 7) is 4.09. The number of ether oxygens (including phenoxy) is 1. The van der Waals surface area contributed by atoms with Gasteiger partial charge in [-0.25, -0.2) is 4.79 Å². The first-order valence-electron chi connectivity index (χ1n) is 9.88. The van der Waals surface area contributed by atoms with Crippen LogP contribution in [-0.2, 0) is 9.53 Å². The van der Waals surface area contributed by atoms with Crippen LogP contribution in [0.5, 0.6) is 0 Å². The number of hydrogen-bond donors (Lipinski definition) is 1. The molecule has 1 fully saturated rings. The van der Waals surface area contributed by atoms with E-state index in [0.29, 0.717) is 0 Å². The number of carboxylic acid groups (broad SMARTS) is 1. The third-order valence-corrected chi connectivity index (χ3v) is 5.01. The summed E-state index contributed by atoms with van der Waals surface area (Å²) in [4.78, 5) is 10.4. The molecule has 0 saturated heterocycles. The Balaban J connectivity index is 2.05. The molecule has 0 radical (unpaired) electrons. The van der Waals surface area contributed by atoms with E-state index in [1.807, 2.05) is 6.08 Å². The molecule has 1 aliphatic carbocycles. The highest BCUT2D eigenvalue weighted by Crippen LogP contribution is 2.38. The zero-order valence-electron chi connectivity index (χ0n) is 15.4. The van der Waals surface area contributed by atoms with E-state index in [0.717, 1.165) is 31.5 Å². The number of carbonyl (C=O) groups is 1. The Labute approximate surface area is 148 Å². The minimum atomic E-state index is -0.884. The van der Waals surface area contributed by atoms with E-state index in [1.54, 1.807) is 6.08 Å². The molecule has 1 N–H and O–H groups in total. The van der Waals surface area contributed by atoms with E-state index in [9.17, 15) is 4.79 Å². The number of allylic oxidation sites excluding steroid dienone is 3. The highest BCUT2D eigenvalue weighted by atomic mass is 16.5. The zero-order valence-corrected chi connectivity index (χ0v) is 15.4. The number of rotatable bonds is 14. The van der Waals surface area contributed by atoms with Crippen molar-refractivity contribution >= 4 is 5.97 Å². The highest BCUT2D eigenvalue weighted by molar-refractivity contribution is 5.80. The van der Waals surface area contributed by atoms with Crippen LogP contribution in [0.3, 0.4) is 0 Å². The second-order valence-electron chi connectivity index (χ2n) is 6.97. The first-order chi connectivity index (χ1) is 11.7. The molecule has 0 unspecified atom stereocenters. The zero-order chi connectivity index (χ0) is 17.5. The summed E-state index contributed by atoms with van der Waals surface area (Å²) in [6, 6.07) is 0. The van der Waals surface area contributed by atoms with Crippen molar-refractivity contribution in [2.24, 2.45) is 11.8 Å². The predicted octanol–water partition coefficient (Wildman–Crippen LogP) is 5.76. The van der Waals surface area contributed by atoms with E-state index in [2.05, 4.69) is 13.0 Å². The lowest BCUT2D eigenvalue weighted by Crippen LogP contribution is -2.08. The van der Waals surface area contributed by atoms with Gasteiger partial charge in [0.2, 0.25) is 0 Å². The molecule has 138 valence electrons. The van der Waals surface area contributed by atoms with Crippen LogP contribution in [0.4, 0.5) is 0 Å². The van der Waals surface area contributed by atoms with Crippen molar-refractivity contribution in [3.63, 3.8) is 0 Å². The molecule has 24 heavy (non-hydrogen) atoms. The maximum absolute atomic E-state index is 10.4. The lowest BCUT2D eigenvalue weighted by molar-refractivity contribution is -0.131. The van der Waals surface area contributed by atoms with E-state index in [-0.39, 0.29) is 0 Å². The van der Waals surface area contributed by atoms with Gasteiger partial charge in [-0.3, -0.25) is 0 Å². The van der Waals surface area contributed by atoms with Gasteiger partial charge in [0.1, 0.15) is 0 Å². The first-order valence-corrected chi connectivity index (χ1v) is 9.88. The molecule has 0 bridgehead atoms. The molecule has 0 amide bonds. The molecule has 0 aromatic rings. The molecule has 0 aromatic heterocycles. The van der Waals surface area contributed by atoms with E-state index < -0.39 is 5.97 Å². The average molecular weight is 337 g/mol.